The van der Waals surface area contributed by atoms with E-state index < -0.39 is 18.3 Å². The van der Waals surface area contributed by atoms with Crippen LogP contribution >= 0.6 is 0 Å². The van der Waals surface area contributed by atoms with Crippen LogP contribution in [0.1, 0.15) is 65.0 Å². The third-order valence-electron chi connectivity index (χ3n) is 9.95. The van der Waals surface area contributed by atoms with Crippen molar-refractivity contribution in [1.29, 1.82) is 0 Å². The Labute approximate surface area is 268 Å². The van der Waals surface area contributed by atoms with Crippen LogP contribution in [0, 0.1) is 0 Å². The lowest BCUT2D eigenvalue weighted by molar-refractivity contribution is 0.00578. The van der Waals surface area contributed by atoms with Gasteiger partial charge in [-0.15, -0.1) is 0 Å². The summed E-state index contributed by atoms with van der Waals surface area (Å²) in [6, 6.07) is 31.0. The fourth-order valence-electron chi connectivity index (χ4n) is 6.77. The van der Waals surface area contributed by atoms with Crippen LogP contribution in [0.4, 0.5) is 0 Å². The zero-order valence-corrected chi connectivity index (χ0v) is 27.1. The highest BCUT2D eigenvalue weighted by Gasteiger charge is 2.52. The van der Waals surface area contributed by atoms with Gasteiger partial charge in [0.05, 0.1) is 11.2 Å². The predicted octanol–water partition coefficient (Wildman–Crippen LogP) is 11.0. The molecule has 1 fully saturated rings. The number of benzene rings is 4. The maximum absolute atomic E-state index is 6.61. The topological polar surface area (TPSA) is 18.5 Å². The molecule has 1 saturated heterocycles. The second-order valence-corrected chi connectivity index (χ2v) is 13.6. The first-order chi connectivity index (χ1) is 21.7. The maximum Gasteiger partial charge on any atom is 0.494 e. The molecule has 45 heavy (non-hydrogen) atoms. The van der Waals surface area contributed by atoms with Crippen molar-refractivity contribution < 1.29 is 9.31 Å². The van der Waals surface area contributed by atoms with E-state index in [1.54, 1.807) is 0 Å². The Morgan fingerprint density at radius 1 is 0.644 bits per heavy atom. The van der Waals surface area contributed by atoms with Gasteiger partial charge in [-0.05, 0) is 132 Å². The van der Waals surface area contributed by atoms with Gasteiger partial charge in [-0.25, -0.2) is 0 Å². The average molecular weight is 589 g/mol. The van der Waals surface area contributed by atoms with Crippen molar-refractivity contribution in [3.05, 3.63) is 155 Å². The quantitative estimate of drug-likeness (QED) is 0.222. The van der Waals surface area contributed by atoms with Crippen molar-refractivity contribution in [2.24, 2.45) is 0 Å². The van der Waals surface area contributed by atoms with E-state index in [1.165, 1.54) is 60.5 Å². The lowest BCUT2D eigenvalue weighted by atomic mass is 9.76. The summed E-state index contributed by atoms with van der Waals surface area (Å²) in [4.78, 5) is 0. The van der Waals surface area contributed by atoms with Crippen LogP contribution in [0.2, 0.25) is 0 Å². The van der Waals surface area contributed by atoms with Crippen LogP contribution in [0.3, 0.4) is 0 Å². The molecule has 0 radical (unpaired) electrons. The Balaban J connectivity index is 1.42. The summed E-state index contributed by atoms with van der Waals surface area (Å²) in [7, 11) is -0.465. The number of allylic oxidation sites excluding steroid dienone is 12. The third-order valence-corrected chi connectivity index (χ3v) is 9.95. The molecule has 0 unspecified atom stereocenters. The fraction of sp³-hybridized carbons (Fsp3) is 0.238. The average Bonchev–Trinajstić information content (AvgIpc) is 3.16. The fourth-order valence-corrected chi connectivity index (χ4v) is 6.77. The van der Waals surface area contributed by atoms with Crippen LogP contribution in [-0.4, -0.2) is 18.3 Å². The summed E-state index contributed by atoms with van der Waals surface area (Å²) in [5, 5.41) is 5.02. The largest absolute Gasteiger partial charge is 0.494 e. The van der Waals surface area contributed by atoms with Crippen LogP contribution in [-0.2, 0) is 9.31 Å². The molecule has 7 rings (SSSR count). The Morgan fingerprint density at radius 2 is 1.20 bits per heavy atom. The smallest absolute Gasteiger partial charge is 0.399 e. The Kier molecular flexibility index (Phi) is 7.64. The molecule has 1 heterocycles. The Hall–Kier alpha value is -4.18. The van der Waals surface area contributed by atoms with E-state index in [9.17, 15) is 0 Å². The molecule has 0 aromatic heterocycles. The highest BCUT2D eigenvalue weighted by atomic mass is 16.7. The molecule has 4 aromatic carbocycles. The van der Waals surface area contributed by atoms with Crippen molar-refractivity contribution in [1.82, 2.24) is 0 Å². The minimum atomic E-state index is -0.465. The Bertz CT molecular complexity index is 1980. The van der Waals surface area contributed by atoms with Crippen LogP contribution < -0.4 is 0 Å². The van der Waals surface area contributed by atoms with E-state index in [1.807, 2.05) is 0 Å². The van der Waals surface area contributed by atoms with Gasteiger partial charge in [0.15, 0.2) is 0 Å². The molecule has 0 amide bonds. The van der Waals surface area contributed by atoms with Crippen molar-refractivity contribution in [3.8, 4) is 0 Å². The first-order valence-electron chi connectivity index (χ1n) is 16.2. The van der Waals surface area contributed by atoms with Crippen molar-refractivity contribution >= 4 is 39.8 Å². The summed E-state index contributed by atoms with van der Waals surface area (Å²) in [5.74, 6) is 0. The van der Waals surface area contributed by atoms with Gasteiger partial charge in [-0.1, -0.05) is 109 Å². The summed E-state index contributed by atoms with van der Waals surface area (Å²) in [5.41, 5.74) is 9.13. The predicted molar refractivity (Wildman–Crippen MR) is 192 cm³/mol. The van der Waals surface area contributed by atoms with Gasteiger partial charge in [0, 0.05) is 0 Å². The molecule has 2 bridgehead atoms. The van der Waals surface area contributed by atoms with E-state index in [0.29, 0.717) is 0 Å². The highest BCUT2D eigenvalue weighted by molar-refractivity contribution is 6.55. The molecule has 0 N–H and O–H groups in total. The molecular weight excluding hydrogens is 547 g/mol. The standard InChI is InChI=1S/C42H41BO2/c1-29-25-38(43-44-41(2,3)42(4,5)45-43)19-12-20-39(35-23-21-30-13-6-8-15-32(30)26-35)34-17-10-11-18-36(28-34)40(29)37-24-22-31-14-7-9-16-33(31)27-37/h6-9,12-27H,10-11,28H2,1-5H3/b19-12+,38-25?,39-20-,40-29?. The van der Waals surface area contributed by atoms with E-state index in [4.69, 9.17) is 9.31 Å². The molecule has 4 aromatic rings. The lowest BCUT2D eigenvalue weighted by Crippen LogP contribution is -2.41. The monoisotopic (exact) mass is 588 g/mol. The SMILES string of the molecule is CC1=C(c2ccc3ccccc3c2)C2=CCCC=C(C2)/C(c2ccc3ccccc3c2)=C/C=C/C(B2OC(C)(C)C(C)(C)O2)=C1. The second-order valence-electron chi connectivity index (χ2n) is 13.6. The molecule has 0 atom stereocenters. The van der Waals surface area contributed by atoms with Crippen molar-refractivity contribution in [2.45, 2.75) is 65.1 Å². The molecule has 2 nitrogen and oxygen atoms in total. The minimum absolute atomic E-state index is 0.425. The van der Waals surface area contributed by atoms with E-state index in [-0.39, 0.29) is 0 Å². The van der Waals surface area contributed by atoms with Crippen LogP contribution in [0.25, 0.3) is 32.7 Å². The minimum Gasteiger partial charge on any atom is -0.399 e. The second kappa shape index (κ2) is 11.6. The zero-order valence-electron chi connectivity index (χ0n) is 27.1. The van der Waals surface area contributed by atoms with Gasteiger partial charge >= 0.3 is 7.12 Å². The first kappa shape index (κ1) is 29.5. The van der Waals surface area contributed by atoms with Crippen molar-refractivity contribution in [3.63, 3.8) is 0 Å². The molecule has 3 heteroatoms. The summed E-state index contributed by atoms with van der Waals surface area (Å²) < 4.78 is 13.2. The maximum atomic E-state index is 6.61. The molecule has 0 spiro atoms. The third kappa shape index (κ3) is 5.72. The van der Waals surface area contributed by atoms with Crippen LogP contribution in [0.15, 0.2) is 144 Å². The highest BCUT2D eigenvalue weighted by Crippen LogP contribution is 2.42. The summed E-state index contributed by atoms with van der Waals surface area (Å²) in [6.45, 7) is 10.7. The van der Waals surface area contributed by atoms with Gasteiger partial charge in [0.25, 0.3) is 0 Å². The Morgan fingerprint density at radius 3 is 1.84 bits per heavy atom. The van der Waals surface area contributed by atoms with E-state index in [0.717, 1.165) is 24.7 Å². The van der Waals surface area contributed by atoms with Crippen LogP contribution in [0.5, 0.6) is 0 Å². The lowest BCUT2D eigenvalue weighted by Gasteiger charge is -2.32. The normalized spacial score (nSPS) is 21.8. The molecule has 0 saturated carbocycles. The number of hydrogen-bond acceptors (Lipinski definition) is 2. The van der Waals surface area contributed by atoms with Crippen molar-refractivity contribution in [2.75, 3.05) is 0 Å². The zero-order chi connectivity index (χ0) is 31.2. The molecule has 3 aliphatic rings. The molecular formula is C42H41BO2. The summed E-state index contributed by atoms with van der Waals surface area (Å²) in [6.07, 6.45) is 16.8. The van der Waals surface area contributed by atoms with Gasteiger partial charge in [-0.3, -0.25) is 0 Å². The number of fused-ring (bicyclic) bond motifs is 4. The van der Waals surface area contributed by atoms with Gasteiger partial charge in [0.2, 0.25) is 0 Å². The summed E-state index contributed by atoms with van der Waals surface area (Å²) >= 11 is 0. The number of rotatable bonds is 3. The van der Waals surface area contributed by atoms with Gasteiger partial charge in [0.1, 0.15) is 0 Å². The van der Waals surface area contributed by atoms with E-state index >= 15 is 0 Å². The van der Waals surface area contributed by atoms with Gasteiger partial charge < -0.3 is 9.31 Å². The number of hydrogen-bond donors (Lipinski definition) is 0. The molecule has 2 aliphatic carbocycles. The van der Waals surface area contributed by atoms with Gasteiger partial charge in [-0.2, -0.15) is 0 Å². The van der Waals surface area contributed by atoms with E-state index in [2.05, 4.69) is 156 Å². The molecule has 1 aliphatic heterocycles. The first-order valence-corrected chi connectivity index (χ1v) is 16.2. The molecule has 224 valence electrons.